The third-order valence-corrected chi connectivity index (χ3v) is 8.21. The summed E-state index contributed by atoms with van der Waals surface area (Å²) in [7, 11) is 0. The van der Waals surface area contributed by atoms with Gasteiger partial charge in [-0.05, 0) is 123 Å². The Morgan fingerprint density at radius 2 is 1.92 bits per heavy atom. The van der Waals surface area contributed by atoms with Crippen molar-refractivity contribution in [2.75, 3.05) is 5.73 Å². The lowest BCUT2D eigenvalue weighted by molar-refractivity contribution is 0.483. The van der Waals surface area contributed by atoms with Gasteiger partial charge >= 0.3 is 0 Å². The van der Waals surface area contributed by atoms with E-state index in [2.05, 4.69) is 99.3 Å². The van der Waals surface area contributed by atoms with Gasteiger partial charge in [-0.3, -0.25) is 0 Å². The lowest BCUT2D eigenvalue weighted by Crippen LogP contribution is -2.03. The fourth-order valence-corrected chi connectivity index (χ4v) is 6.19. The number of hydrogen-bond acceptors (Lipinski definition) is 1. The highest BCUT2D eigenvalue weighted by Gasteiger charge is 2.19. The second-order valence-electron chi connectivity index (χ2n) is 11.4. The molecule has 0 aliphatic heterocycles. The minimum atomic E-state index is 0.460. The summed E-state index contributed by atoms with van der Waals surface area (Å²) in [6.45, 7) is 8.48. The summed E-state index contributed by atoms with van der Waals surface area (Å²) in [5, 5.41) is 0. The summed E-state index contributed by atoms with van der Waals surface area (Å²) in [5.41, 5.74) is 16.9. The number of allylic oxidation sites excluding steroid dienone is 8. The van der Waals surface area contributed by atoms with E-state index in [1.165, 1.54) is 83.9 Å². The number of fused-ring (bicyclic) bond motifs is 1. The summed E-state index contributed by atoms with van der Waals surface area (Å²) in [5.74, 6) is 1.23. The third-order valence-electron chi connectivity index (χ3n) is 8.21. The van der Waals surface area contributed by atoms with Crippen molar-refractivity contribution in [2.45, 2.75) is 84.5 Å². The van der Waals surface area contributed by atoms with E-state index >= 15 is 0 Å². The highest BCUT2D eigenvalue weighted by Crippen LogP contribution is 2.38. The highest BCUT2D eigenvalue weighted by molar-refractivity contribution is 5.85. The number of rotatable bonds is 10. The van der Waals surface area contributed by atoms with Gasteiger partial charge in [0.25, 0.3) is 0 Å². The molecule has 0 spiro atoms. The van der Waals surface area contributed by atoms with Gasteiger partial charge in [-0.2, -0.15) is 0 Å². The fraction of sp³-hybridized carbons (Fsp3) is 0.405. The molecule has 38 heavy (non-hydrogen) atoms. The van der Waals surface area contributed by atoms with Gasteiger partial charge in [0.15, 0.2) is 0 Å². The lowest BCUT2D eigenvalue weighted by atomic mass is 9.87. The molecule has 4 rings (SSSR count). The molecule has 1 nitrogen and oxygen atoms in total. The van der Waals surface area contributed by atoms with E-state index in [0.717, 1.165) is 37.3 Å². The van der Waals surface area contributed by atoms with E-state index in [9.17, 15) is 0 Å². The van der Waals surface area contributed by atoms with E-state index in [4.69, 9.17) is 5.73 Å². The van der Waals surface area contributed by atoms with Crippen molar-refractivity contribution in [1.29, 1.82) is 0 Å². The van der Waals surface area contributed by atoms with Crippen LogP contribution in [0.1, 0.15) is 93.9 Å². The van der Waals surface area contributed by atoms with Crippen LogP contribution in [-0.4, -0.2) is 0 Å². The Bertz CT molecular complexity index is 1190. The summed E-state index contributed by atoms with van der Waals surface area (Å²) < 4.78 is 0. The molecule has 0 aromatic heterocycles. The minimum Gasteiger partial charge on any atom is -0.399 e. The highest BCUT2D eigenvalue weighted by atomic mass is 14.5. The Balaban J connectivity index is 1.62. The number of anilines is 1. The van der Waals surface area contributed by atoms with Crippen LogP contribution in [0.4, 0.5) is 5.69 Å². The first kappa shape index (κ1) is 28.0. The first-order valence-electron chi connectivity index (χ1n) is 14.9. The number of aryl methyl sites for hydroxylation is 1. The van der Waals surface area contributed by atoms with Gasteiger partial charge in [-0.25, -0.2) is 0 Å². The Hall–Kier alpha value is -3.06. The molecule has 2 aliphatic carbocycles. The largest absolute Gasteiger partial charge is 0.399 e. The zero-order chi connectivity index (χ0) is 26.7. The average Bonchev–Trinajstić information content (AvgIpc) is 3.27. The van der Waals surface area contributed by atoms with Crippen LogP contribution in [0.5, 0.6) is 0 Å². The van der Waals surface area contributed by atoms with Crippen molar-refractivity contribution in [3.05, 3.63) is 119 Å². The second kappa shape index (κ2) is 14.2. The fourth-order valence-electron chi connectivity index (χ4n) is 6.19. The first-order valence-corrected chi connectivity index (χ1v) is 14.9. The number of nitrogens with two attached hydrogens (primary N) is 1. The second-order valence-corrected chi connectivity index (χ2v) is 11.4. The van der Waals surface area contributed by atoms with Crippen LogP contribution in [0, 0.1) is 11.8 Å². The summed E-state index contributed by atoms with van der Waals surface area (Å²) in [6, 6.07) is 16.0. The van der Waals surface area contributed by atoms with Crippen molar-refractivity contribution in [3.8, 4) is 0 Å². The van der Waals surface area contributed by atoms with E-state index in [1.54, 1.807) is 0 Å². The number of nitrogen functional groups attached to an aromatic ring is 1. The standard InChI is InChI=1S/C37H47N/c1-4-12-29(5-2)25-28(3)13-10-16-32-17-11-18-34-27-35(38)23-24-36(34)37(32)33-21-19-31(20-22-33)26-30-14-8-6-7-9-15-30/h5-6,8,10,13,19-25,27,29-30H,2,4,7,9,11-12,14-18,26,38H2,1,3H3/b13-10-,28-25-/t29?,30-/m1/s1. The van der Waals surface area contributed by atoms with E-state index in [-0.39, 0.29) is 0 Å². The average molecular weight is 506 g/mol. The molecule has 2 atom stereocenters. The summed E-state index contributed by atoms with van der Waals surface area (Å²) >= 11 is 0. The van der Waals surface area contributed by atoms with Crippen LogP contribution in [-0.2, 0) is 12.8 Å². The van der Waals surface area contributed by atoms with Crippen molar-refractivity contribution in [3.63, 3.8) is 0 Å². The number of benzene rings is 2. The minimum absolute atomic E-state index is 0.460. The molecule has 2 aromatic rings. The van der Waals surface area contributed by atoms with Crippen molar-refractivity contribution < 1.29 is 0 Å². The Morgan fingerprint density at radius 3 is 2.71 bits per heavy atom. The SMILES string of the molecule is C=CC(/C=C(C)\C=C/CC1=C(c2ccc(C[C@@H]3CC=CCCC3)cc2)c2ccc(N)cc2CCC1)CCC. The van der Waals surface area contributed by atoms with E-state index in [0.29, 0.717) is 5.92 Å². The van der Waals surface area contributed by atoms with Gasteiger partial charge in [0.2, 0.25) is 0 Å². The molecular weight excluding hydrogens is 458 g/mol. The maximum Gasteiger partial charge on any atom is 0.0317 e. The molecule has 1 heteroatoms. The molecule has 2 aromatic carbocycles. The Morgan fingerprint density at radius 1 is 1.08 bits per heavy atom. The monoisotopic (exact) mass is 505 g/mol. The molecule has 200 valence electrons. The van der Waals surface area contributed by atoms with Gasteiger partial charge in [-0.15, -0.1) is 6.58 Å². The smallest absolute Gasteiger partial charge is 0.0317 e. The summed E-state index contributed by atoms with van der Waals surface area (Å²) in [6.07, 6.45) is 26.9. The first-order chi connectivity index (χ1) is 18.6. The molecule has 0 saturated heterocycles. The summed E-state index contributed by atoms with van der Waals surface area (Å²) in [4.78, 5) is 0. The van der Waals surface area contributed by atoms with E-state index in [1.807, 2.05) is 0 Å². The zero-order valence-corrected chi connectivity index (χ0v) is 23.7. The quantitative estimate of drug-likeness (QED) is 0.194. The maximum absolute atomic E-state index is 6.21. The normalized spacial score (nSPS) is 19.2. The van der Waals surface area contributed by atoms with Crippen LogP contribution in [0.2, 0.25) is 0 Å². The molecule has 0 bridgehead atoms. The number of hydrogen-bond donors (Lipinski definition) is 1. The van der Waals surface area contributed by atoms with Crippen LogP contribution in [0.15, 0.2) is 96.6 Å². The molecule has 0 fully saturated rings. The zero-order valence-electron chi connectivity index (χ0n) is 23.7. The van der Waals surface area contributed by atoms with Crippen LogP contribution < -0.4 is 5.73 Å². The Labute approximate surface area is 231 Å². The van der Waals surface area contributed by atoms with Crippen molar-refractivity contribution in [1.82, 2.24) is 0 Å². The molecule has 0 saturated carbocycles. The van der Waals surface area contributed by atoms with Gasteiger partial charge in [-0.1, -0.05) is 91.3 Å². The maximum atomic E-state index is 6.21. The predicted octanol–water partition coefficient (Wildman–Crippen LogP) is 10.2. The third kappa shape index (κ3) is 7.73. The van der Waals surface area contributed by atoms with Gasteiger partial charge in [0.1, 0.15) is 0 Å². The van der Waals surface area contributed by atoms with Crippen molar-refractivity contribution >= 4 is 11.3 Å². The Kier molecular flexibility index (Phi) is 10.4. The molecule has 0 amide bonds. The van der Waals surface area contributed by atoms with Crippen LogP contribution >= 0.6 is 0 Å². The van der Waals surface area contributed by atoms with Gasteiger partial charge in [0, 0.05) is 5.69 Å². The molecule has 1 unspecified atom stereocenters. The topological polar surface area (TPSA) is 26.0 Å². The van der Waals surface area contributed by atoms with Gasteiger partial charge in [0.05, 0.1) is 0 Å². The molecule has 0 radical (unpaired) electrons. The van der Waals surface area contributed by atoms with Crippen LogP contribution in [0.3, 0.4) is 0 Å². The molecule has 2 aliphatic rings. The van der Waals surface area contributed by atoms with Crippen molar-refractivity contribution in [2.24, 2.45) is 11.8 Å². The van der Waals surface area contributed by atoms with Crippen LogP contribution in [0.25, 0.3) is 5.57 Å². The molecule has 0 heterocycles. The van der Waals surface area contributed by atoms with Gasteiger partial charge < -0.3 is 5.73 Å². The predicted molar refractivity (Wildman–Crippen MR) is 167 cm³/mol. The molecular formula is C37H47N. The lowest BCUT2D eigenvalue weighted by Gasteiger charge is -2.17. The molecule has 2 N–H and O–H groups in total. The van der Waals surface area contributed by atoms with E-state index < -0.39 is 0 Å².